The molecule has 1 aliphatic heterocycles. The molecule has 4 rings (SSSR count). The highest BCUT2D eigenvalue weighted by molar-refractivity contribution is 7.89. The van der Waals surface area contributed by atoms with E-state index in [0.29, 0.717) is 32.5 Å². The lowest BCUT2D eigenvalue weighted by atomic mass is 10.1. The van der Waals surface area contributed by atoms with E-state index in [1.165, 1.54) is 4.31 Å². The van der Waals surface area contributed by atoms with E-state index in [9.17, 15) is 13.2 Å². The standard InChI is InChI=1S/C25H30N4O3S/c1-18-11-13-22(14-12-18)33(31,32)29-15-7-10-24(29)25(30)26-16-23-19(2)27-28(20(23)3)17-21-8-5-4-6-9-21/h4-6,8-9,11-14,24H,7,10,15-17H2,1-3H3,(H,26,30)/t24-/m0/s1. The molecule has 1 aromatic heterocycles. The average molecular weight is 467 g/mol. The normalized spacial score (nSPS) is 16.8. The molecule has 0 unspecified atom stereocenters. The van der Waals surface area contributed by atoms with E-state index in [-0.39, 0.29) is 10.8 Å². The van der Waals surface area contributed by atoms with Gasteiger partial charge in [0.1, 0.15) is 6.04 Å². The fourth-order valence-electron chi connectivity index (χ4n) is 4.33. The molecule has 8 heteroatoms. The molecule has 0 radical (unpaired) electrons. The third kappa shape index (κ3) is 4.86. The molecule has 1 amide bonds. The van der Waals surface area contributed by atoms with Crippen molar-refractivity contribution in [3.05, 3.63) is 82.7 Å². The molecule has 1 saturated heterocycles. The Bertz CT molecular complexity index is 1230. The minimum Gasteiger partial charge on any atom is -0.350 e. The van der Waals surface area contributed by atoms with Gasteiger partial charge in [-0.2, -0.15) is 9.40 Å². The molecular weight excluding hydrogens is 436 g/mol. The number of nitrogens with zero attached hydrogens (tertiary/aromatic N) is 3. The van der Waals surface area contributed by atoms with Gasteiger partial charge in [0.2, 0.25) is 15.9 Å². The van der Waals surface area contributed by atoms with Crippen LogP contribution in [0.3, 0.4) is 0 Å². The maximum absolute atomic E-state index is 13.2. The number of aryl methyl sites for hydroxylation is 2. The minimum atomic E-state index is -3.72. The Kier molecular flexibility index (Phi) is 6.67. The lowest BCUT2D eigenvalue weighted by Crippen LogP contribution is -2.45. The summed E-state index contributed by atoms with van der Waals surface area (Å²) >= 11 is 0. The summed E-state index contributed by atoms with van der Waals surface area (Å²) < 4.78 is 29.6. The highest BCUT2D eigenvalue weighted by atomic mass is 32.2. The van der Waals surface area contributed by atoms with Crippen molar-refractivity contribution < 1.29 is 13.2 Å². The summed E-state index contributed by atoms with van der Waals surface area (Å²) in [6.45, 7) is 7.16. The molecule has 2 heterocycles. The van der Waals surface area contributed by atoms with Crippen LogP contribution in [0.5, 0.6) is 0 Å². The molecule has 1 fully saturated rings. The van der Waals surface area contributed by atoms with E-state index in [4.69, 9.17) is 0 Å². The van der Waals surface area contributed by atoms with Gasteiger partial charge >= 0.3 is 0 Å². The summed E-state index contributed by atoms with van der Waals surface area (Å²) in [4.78, 5) is 13.3. The number of aromatic nitrogens is 2. The van der Waals surface area contributed by atoms with E-state index >= 15 is 0 Å². The van der Waals surface area contributed by atoms with Gasteiger partial charge in [0.05, 0.1) is 17.1 Å². The number of benzene rings is 2. The van der Waals surface area contributed by atoms with Crippen molar-refractivity contribution in [2.24, 2.45) is 0 Å². The zero-order valence-corrected chi connectivity index (χ0v) is 20.1. The van der Waals surface area contributed by atoms with Gasteiger partial charge < -0.3 is 5.32 Å². The highest BCUT2D eigenvalue weighted by Gasteiger charge is 2.39. The largest absolute Gasteiger partial charge is 0.350 e. The number of hydrogen-bond acceptors (Lipinski definition) is 4. The van der Waals surface area contributed by atoms with Gasteiger partial charge in [-0.15, -0.1) is 0 Å². The molecule has 3 aromatic rings. The molecule has 33 heavy (non-hydrogen) atoms. The van der Waals surface area contributed by atoms with Crippen LogP contribution in [-0.4, -0.2) is 41.0 Å². The molecule has 0 saturated carbocycles. The Hall–Kier alpha value is -2.97. The summed E-state index contributed by atoms with van der Waals surface area (Å²) in [7, 11) is -3.72. The second-order valence-electron chi connectivity index (χ2n) is 8.60. The third-order valence-corrected chi connectivity index (χ3v) is 8.20. The Labute approximate surface area is 195 Å². The van der Waals surface area contributed by atoms with Crippen molar-refractivity contribution >= 4 is 15.9 Å². The maximum Gasteiger partial charge on any atom is 0.243 e. The first-order chi connectivity index (χ1) is 15.8. The van der Waals surface area contributed by atoms with Crippen LogP contribution in [0.4, 0.5) is 0 Å². The number of carbonyl (C=O) groups is 1. The smallest absolute Gasteiger partial charge is 0.243 e. The number of carbonyl (C=O) groups excluding carboxylic acids is 1. The zero-order valence-electron chi connectivity index (χ0n) is 19.3. The second-order valence-corrected chi connectivity index (χ2v) is 10.5. The lowest BCUT2D eigenvalue weighted by Gasteiger charge is -2.23. The summed E-state index contributed by atoms with van der Waals surface area (Å²) in [6.07, 6.45) is 1.18. The number of sulfonamides is 1. The third-order valence-electron chi connectivity index (χ3n) is 6.28. The van der Waals surface area contributed by atoms with Crippen LogP contribution in [0.1, 0.15) is 40.9 Å². The minimum absolute atomic E-state index is 0.224. The van der Waals surface area contributed by atoms with Crippen molar-refractivity contribution in [3.63, 3.8) is 0 Å². The lowest BCUT2D eigenvalue weighted by molar-refractivity contribution is -0.124. The van der Waals surface area contributed by atoms with Gasteiger partial charge in [0.15, 0.2) is 0 Å². The number of hydrogen-bond donors (Lipinski definition) is 1. The summed E-state index contributed by atoms with van der Waals surface area (Å²) in [5.41, 5.74) is 4.96. The van der Waals surface area contributed by atoms with Gasteiger partial charge in [-0.05, 0) is 51.3 Å². The van der Waals surface area contributed by atoms with Crippen molar-refractivity contribution in [3.8, 4) is 0 Å². The maximum atomic E-state index is 13.2. The van der Waals surface area contributed by atoms with E-state index in [2.05, 4.69) is 22.5 Å². The molecule has 1 atom stereocenters. The van der Waals surface area contributed by atoms with Crippen molar-refractivity contribution in [1.82, 2.24) is 19.4 Å². The van der Waals surface area contributed by atoms with Gasteiger partial charge in [-0.1, -0.05) is 48.0 Å². The molecule has 174 valence electrons. The summed E-state index contributed by atoms with van der Waals surface area (Å²) in [5.74, 6) is -0.266. The number of amides is 1. The molecule has 0 bridgehead atoms. The summed E-state index contributed by atoms with van der Waals surface area (Å²) in [5, 5.41) is 7.60. The fourth-order valence-corrected chi connectivity index (χ4v) is 5.99. The van der Waals surface area contributed by atoms with E-state index in [1.807, 2.05) is 43.7 Å². The van der Waals surface area contributed by atoms with E-state index < -0.39 is 16.1 Å². The molecule has 7 nitrogen and oxygen atoms in total. The first kappa shape index (κ1) is 23.2. The Morgan fingerprint density at radius 3 is 2.45 bits per heavy atom. The molecule has 1 aliphatic rings. The van der Waals surface area contributed by atoms with Crippen molar-refractivity contribution in [2.75, 3.05) is 6.54 Å². The average Bonchev–Trinajstić information content (AvgIpc) is 3.39. The molecule has 2 aromatic carbocycles. The van der Waals surface area contributed by atoms with Crippen LogP contribution in [0, 0.1) is 20.8 Å². The van der Waals surface area contributed by atoms with Crippen molar-refractivity contribution in [1.29, 1.82) is 0 Å². The van der Waals surface area contributed by atoms with E-state index in [1.54, 1.807) is 24.3 Å². The Morgan fingerprint density at radius 1 is 1.06 bits per heavy atom. The second kappa shape index (κ2) is 9.49. The van der Waals surface area contributed by atoms with Gasteiger partial charge in [-0.25, -0.2) is 8.42 Å². The van der Waals surface area contributed by atoms with Crippen LogP contribution in [0.25, 0.3) is 0 Å². The number of nitrogens with one attached hydrogen (secondary N) is 1. The molecular formula is C25H30N4O3S. The van der Waals surface area contributed by atoms with Crippen LogP contribution in [0.15, 0.2) is 59.5 Å². The Morgan fingerprint density at radius 2 is 1.76 bits per heavy atom. The topological polar surface area (TPSA) is 84.3 Å². The van der Waals surface area contributed by atoms with Crippen LogP contribution in [-0.2, 0) is 27.9 Å². The SMILES string of the molecule is Cc1ccc(S(=O)(=O)N2CCC[C@H]2C(=O)NCc2c(C)nn(Cc3ccccc3)c2C)cc1. The monoisotopic (exact) mass is 466 g/mol. The van der Waals surface area contributed by atoms with Gasteiger partial charge in [-0.3, -0.25) is 9.48 Å². The first-order valence-electron chi connectivity index (χ1n) is 11.2. The van der Waals surface area contributed by atoms with E-state index in [0.717, 1.165) is 28.1 Å². The highest BCUT2D eigenvalue weighted by Crippen LogP contribution is 2.26. The predicted octanol–water partition coefficient (Wildman–Crippen LogP) is 3.33. The van der Waals surface area contributed by atoms with Gasteiger partial charge in [0.25, 0.3) is 0 Å². The van der Waals surface area contributed by atoms with Crippen LogP contribution >= 0.6 is 0 Å². The quantitative estimate of drug-likeness (QED) is 0.579. The van der Waals surface area contributed by atoms with Gasteiger partial charge in [0, 0.05) is 24.3 Å². The fraction of sp³-hybridized carbons (Fsp3) is 0.360. The zero-order chi connectivity index (χ0) is 23.6. The summed E-state index contributed by atoms with van der Waals surface area (Å²) in [6, 6.07) is 16.2. The van der Waals surface area contributed by atoms with Crippen LogP contribution < -0.4 is 5.32 Å². The molecule has 0 spiro atoms. The molecule has 0 aliphatic carbocycles. The predicted molar refractivity (Wildman–Crippen MR) is 127 cm³/mol. The first-order valence-corrected chi connectivity index (χ1v) is 12.6. The Balaban J connectivity index is 1.46. The number of rotatable bonds is 7. The molecule has 1 N–H and O–H groups in total. The van der Waals surface area contributed by atoms with Crippen LogP contribution in [0.2, 0.25) is 0 Å². The van der Waals surface area contributed by atoms with Crippen molar-refractivity contribution in [2.45, 2.75) is 57.6 Å².